The molecule has 5 rings (SSSR count). The van der Waals surface area contributed by atoms with Gasteiger partial charge in [-0.15, -0.1) is 10.2 Å². The summed E-state index contributed by atoms with van der Waals surface area (Å²) in [5, 5.41) is 21.4. The molecule has 1 amide bonds. The van der Waals surface area contributed by atoms with Gasteiger partial charge in [-0.2, -0.15) is 0 Å². The zero-order valence-electron chi connectivity index (χ0n) is 16.2. The van der Waals surface area contributed by atoms with Gasteiger partial charge in [0.15, 0.2) is 5.82 Å². The molecule has 1 aromatic carbocycles. The molecule has 0 bridgehead atoms. The molecule has 3 aliphatic carbocycles. The molecule has 6 nitrogen and oxygen atoms in total. The number of aromatic nitrogens is 3. The summed E-state index contributed by atoms with van der Waals surface area (Å²) in [5.74, 6) is 2.20. The first kappa shape index (κ1) is 17.9. The highest BCUT2D eigenvalue weighted by Crippen LogP contribution is 2.45. The summed E-state index contributed by atoms with van der Waals surface area (Å²) in [7, 11) is 0. The second kappa shape index (κ2) is 6.99. The van der Waals surface area contributed by atoms with Crippen LogP contribution in [0.4, 0.5) is 0 Å². The topological polar surface area (TPSA) is 80.0 Å². The first-order valence-corrected chi connectivity index (χ1v) is 10.6. The monoisotopic (exact) mass is 380 g/mol. The fourth-order valence-electron chi connectivity index (χ4n) is 5.11. The molecular weight excluding hydrogens is 352 g/mol. The van der Waals surface area contributed by atoms with Gasteiger partial charge in [-0.05, 0) is 44.1 Å². The minimum Gasteiger partial charge on any atom is -0.388 e. The highest BCUT2D eigenvalue weighted by Gasteiger charge is 2.45. The molecule has 0 spiro atoms. The normalized spacial score (nSPS) is 26.0. The van der Waals surface area contributed by atoms with E-state index >= 15 is 0 Å². The van der Waals surface area contributed by atoms with Crippen molar-refractivity contribution in [3.63, 3.8) is 0 Å². The number of hydrogen-bond donors (Lipinski definition) is 2. The molecule has 6 heteroatoms. The summed E-state index contributed by atoms with van der Waals surface area (Å²) >= 11 is 0. The molecule has 3 aliphatic rings. The molecule has 0 saturated heterocycles. The van der Waals surface area contributed by atoms with Gasteiger partial charge in [0.2, 0.25) is 5.91 Å². The molecule has 3 saturated carbocycles. The number of hydrogen-bond acceptors (Lipinski definition) is 4. The summed E-state index contributed by atoms with van der Waals surface area (Å²) in [6, 6.07) is 10.9. The largest absolute Gasteiger partial charge is 0.388 e. The zero-order chi connectivity index (χ0) is 19.1. The van der Waals surface area contributed by atoms with Gasteiger partial charge in [0.25, 0.3) is 0 Å². The van der Waals surface area contributed by atoms with E-state index in [0.717, 1.165) is 62.8 Å². The Morgan fingerprint density at radius 3 is 2.50 bits per heavy atom. The Morgan fingerprint density at radius 2 is 1.86 bits per heavy atom. The Hall–Kier alpha value is -2.21. The Labute approximate surface area is 165 Å². The van der Waals surface area contributed by atoms with Crippen molar-refractivity contribution < 1.29 is 9.90 Å². The summed E-state index contributed by atoms with van der Waals surface area (Å²) in [4.78, 5) is 13.3. The second-order valence-electron chi connectivity index (χ2n) is 8.73. The fraction of sp³-hybridized carbons (Fsp3) is 0.591. The van der Waals surface area contributed by atoms with E-state index in [9.17, 15) is 9.90 Å². The van der Waals surface area contributed by atoms with Crippen molar-refractivity contribution in [2.75, 3.05) is 0 Å². The third-order valence-electron chi connectivity index (χ3n) is 6.90. The van der Waals surface area contributed by atoms with E-state index in [1.807, 2.05) is 18.2 Å². The molecule has 0 radical (unpaired) electrons. The van der Waals surface area contributed by atoms with E-state index in [4.69, 9.17) is 0 Å². The molecule has 0 aliphatic heterocycles. The molecule has 0 unspecified atom stereocenters. The maximum atomic E-state index is 13.3. The van der Waals surface area contributed by atoms with Crippen LogP contribution >= 0.6 is 0 Å². The standard InChI is InChI=1S/C22H28N4O2/c27-14-19-24-25-20(26(19)18-8-9-18)15-12-17(13-15)23-21(28)22(10-4-5-11-22)16-6-2-1-3-7-16/h1-3,6-7,15,17-18,27H,4-5,8-14H2,(H,23,28). The van der Waals surface area contributed by atoms with Crippen LogP contribution in [0.15, 0.2) is 30.3 Å². The SMILES string of the molecule is O=C(NC1CC(c2nnc(CO)n2C2CC2)C1)C1(c2ccccc2)CCCC1. The van der Waals surface area contributed by atoms with Gasteiger partial charge in [-0.3, -0.25) is 4.79 Å². The van der Waals surface area contributed by atoms with E-state index in [-0.39, 0.29) is 24.0 Å². The summed E-state index contributed by atoms with van der Waals surface area (Å²) in [5.41, 5.74) is 0.798. The predicted molar refractivity (Wildman–Crippen MR) is 105 cm³/mol. The van der Waals surface area contributed by atoms with Gasteiger partial charge >= 0.3 is 0 Å². The third-order valence-corrected chi connectivity index (χ3v) is 6.90. The van der Waals surface area contributed by atoms with Crippen LogP contribution in [0.1, 0.15) is 80.5 Å². The molecule has 2 N–H and O–H groups in total. The van der Waals surface area contributed by atoms with Crippen molar-refractivity contribution in [2.45, 2.75) is 81.4 Å². The molecular formula is C22H28N4O2. The summed E-state index contributed by atoms with van der Waals surface area (Å²) < 4.78 is 2.14. The number of carbonyl (C=O) groups excluding carboxylic acids is 1. The van der Waals surface area contributed by atoms with Crippen molar-refractivity contribution in [3.05, 3.63) is 47.5 Å². The van der Waals surface area contributed by atoms with Crippen molar-refractivity contribution >= 4 is 5.91 Å². The van der Waals surface area contributed by atoms with Gasteiger partial charge in [-0.25, -0.2) is 0 Å². The van der Waals surface area contributed by atoms with Crippen molar-refractivity contribution in [3.8, 4) is 0 Å². The maximum absolute atomic E-state index is 13.3. The average Bonchev–Trinajstić information content (AvgIpc) is 3.25. The molecule has 28 heavy (non-hydrogen) atoms. The Kier molecular flexibility index (Phi) is 4.46. The van der Waals surface area contributed by atoms with Crippen LogP contribution in [0, 0.1) is 0 Å². The first-order chi connectivity index (χ1) is 13.7. The minimum atomic E-state index is -0.357. The average molecular weight is 380 g/mol. The number of carbonyl (C=O) groups is 1. The number of aliphatic hydroxyl groups excluding tert-OH is 1. The van der Waals surface area contributed by atoms with Gasteiger partial charge in [0.05, 0.1) is 5.41 Å². The van der Waals surface area contributed by atoms with Crippen LogP contribution in [-0.2, 0) is 16.8 Å². The Bertz CT molecular complexity index is 847. The quantitative estimate of drug-likeness (QED) is 0.807. The zero-order valence-corrected chi connectivity index (χ0v) is 16.2. The Morgan fingerprint density at radius 1 is 1.14 bits per heavy atom. The van der Waals surface area contributed by atoms with Crippen molar-refractivity contribution in [1.82, 2.24) is 20.1 Å². The molecule has 0 atom stereocenters. The number of benzene rings is 1. The van der Waals surface area contributed by atoms with Crippen LogP contribution < -0.4 is 5.32 Å². The van der Waals surface area contributed by atoms with E-state index < -0.39 is 0 Å². The second-order valence-corrected chi connectivity index (χ2v) is 8.73. The lowest BCUT2D eigenvalue weighted by Gasteiger charge is -2.38. The fourth-order valence-corrected chi connectivity index (χ4v) is 5.11. The van der Waals surface area contributed by atoms with Crippen LogP contribution in [0.25, 0.3) is 0 Å². The van der Waals surface area contributed by atoms with Gasteiger partial charge in [-0.1, -0.05) is 43.2 Å². The first-order valence-electron chi connectivity index (χ1n) is 10.6. The molecule has 1 aromatic heterocycles. The molecule has 148 valence electrons. The predicted octanol–water partition coefficient (Wildman–Crippen LogP) is 2.98. The molecule has 3 fully saturated rings. The third kappa shape index (κ3) is 2.94. The lowest BCUT2D eigenvalue weighted by molar-refractivity contribution is -0.128. The maximum Gasteiger partial charge on any atom is 0.230 e. The van der Waals surface area contributed by atoms with Crippen LogP contribution in [0.2, 0.25) is 0 Å². The summed E-state index contributed by atoms with van der Waals surface area (Å²) in [6.45, 7) is -0.0595. The van der Waals surface area contributed by atoms with Gasteiger partial charge in [0.1, 0.15) is 12.4 Å². The lowest BCUT2D eigenvalue weighted by Crippen LogP contribution is -2.51. The number of nitrogens with one attached hydrogen (secondary N) is 1. The number of nitrogens with zero attached hydrogens (tertiary/aromatic N) is 3. The number of amides is 1. The van der Waals surface area contributed by atoms with Crippen LogP contribution in [0.3, 0.4) is 0 Å². The Balaban J connectivity index is 1.26. The van der Waals surface area contributed by atoms with E-state index in [2.05, 4.69) is 32.2 Å². The molecule has 2 aromatic rings. The minimum absolute atomic E-state index is 0.0595. The molecule has 1 heterocycles. The highest BCUT2D eigenvalue weighted by atomic mass is 16.3. The van der Waals surface area contributed by atoms with Crippen LogP contribution in [-0.4, -0.2) is 31.8 Å². The summed E-state index contributed by atoms with van der Waals surface area (Å²) in [6.07, 6.45) is 8.21. The van der Waals surface area contributed by atoms with E-state index in [1.54, 1.807) is 0 Å². The van der Waals surface area contributed by atoms with Gasteiger partial charge in [0, 0.05) is 18.0 Å². The smallest absolute Gasteiger partial charge is 0.230 e. The van der Waals surface area contributed by atoms with Gasteiger partial charge < -0.3 is 15.0 Å². The van der Waals surface area contributed by atoms with Crippen molar-refractivity contribution in [2.24, 2.45) is 0 Å². The highest BCUT2D eigenvalue weighted by molar-refractivity contribution is 5.89. The van der Waals surface area contributed by atoms with Crippen LogP contribution in [0.5, 0.6) is 0 Å². The number of aliphatic hydroxyl groups is 1. The number of rotatable bonds is 6. The van der Waals surface area contributed by atoms with Crippen molar-refractivity contribution in [1.29, 1.82) is 0 Å². The van der Waals surface area contributed by atoms with E-state index in [1.165, 1.54) is 0 Å². The van der Waals surface area contributed by atoms with E-state index in [0.29, 0.717) is 17.8 Å². The lowest BCUT2D eigenvalue weighted by atomic mass is 9.75.